The maximum atomic E-state index is 13.5. The number of rotatable bonds is 6. The Kier molecular flexibility index (Phi) is 5.73. The topological polar surface area (TPSA) is 58.6 Å². The van der Waals surface area contributed by atoms with Gasteiger partial charge in [-0.3, -0.25) is 14.5 Å². The van der Waals surface area contributed by atoms with Crippen LogP contribution in [0.2, 0.25) is 0 Å². The van der Waals surface area contributed by atoms with Crippen molar-refractivity contribution in [2.24, 2.45) is 0 Å². The quantitative estimate of drug-likeness (QED) is 0.573. The van der Waals surface area contributed by atoms with Gasteiger partial charge in [-0.2, -0.15) is 0 Å². The molecular formula is C25H20F2N2O3. The summed E-state index contributed by atoms with van der Waals surface area (Å²) in [4.78, 5) is 27.7. The summed E-state index contributed by atoms with van der Waals surface area (Å²) in [7, 11) is 1.51. The van der Waals surface area contributed by atoms with Crippen LogP contribution in [0.3, 0.4) is 0 Å². The number of halogens is 2. The fourth-order valence-electron chi connectivity index (χ4n) is 3.55. The van der Waals surface area contributed by atoms with Crippen molar-refractivity contribution in [2.75, 3.05) is 12.4 Å². The van der Waals surface area contributed by atoms with E-state index in [0.717, 1.165) is 10.5 Å². The molecule has 0 aliphatic carbocycles. The molecule has 162 valence electrons. The van der Waals surface area contributed by atoms with E-state index in [1.165, 1.54) is 55.6 Å². The van der Waals surface area contributed by atoms with Crippen LogP contribution in [0.4, 0.5) is 14.5 Å². The summed E-state index contributed by atoms with van der Waals surface area (Å²) in [5.74, 6) is -1.43. The molecule has 0 unspecified atom stereocenters. The number of imide groups is 1. The third-order valence-corrected chi connectivity index (χ3v) is 5.17. The molecule has 0 saturated heterocycles. The van der Waals surface area contributed by atoms with E-state index in [2.05, 4.69) is 5.32 Å². The smallest absolute Gasteiger partial charge is 0.278 e. The molecule has 1 N–H and O–H groups in total. The van der Waals surface area contributed by atoms with E-state index in [1.54, 1.807) is 12.1 Å². The van der Waals surface area contributed by atoms with E-state index in [4.69, 9.17) is 4.74 Å². The molecule has 3 aromatic rings. The average molecular weight is 434 g/mol. The molecule has 2 amide bonds. The zero-order valence-corrected chi connectivity index (χ0v) is 17.5. The Hall–Kier alpha value is -4.00. The fourth-order valence-corrected chi connectivity index (χ4v) is 3.55. The van der Waals surface area contributed by atoms with E-state index in [-0.39, 0.29) is 17.8 Å². The van der Waals surface area contributed by atoms with Crippen LogP contribution < -0.4 is 10.1 Å². The maximum Gasteiger partial charge on any atom is 0.278 e. The molecule has 5 nitrogen and oxygen atoms in total. The number of aryl methyl sites for hydroxylation is 1. The summed E-state index contributed by atoms with van der Waals surface area (Å²) in [5.41, 5.74) is 2.64. The fraction of sp³-hybridized carbons (Fsp3) is 0.120. The van der Waals surface area contributed by atoms with Gasteiger partial charge in [-0.1, -0.05) is 30.3 Å². The first-order valence-electron chi connectivity index (χ1n) is 9.90. The molecule has 0 saturated carbocycles. The molecule has 32 heavy (non-hydrogen) atoms. The third-order valence-electron chi connectivity index (χ3n) is 5.17. The van der Waals surface area contributed by atoms with Crippen molar-refractivity contribution < 1.29 is 23.1 Å². The first kappa shape index (κ1) is 21.2. The minimum Gasteiger partial charge on any atom is -0.495 e. The molecule has 3 aromatic carbocycles. The number of nitrogens with one attached hydrogen (secondary N) is 1. The highest BCUT2D eigenvalue weighted by Crippen LogP contribution is 2.34. The van der Waals surface area contributed by atoms with Gasteiger partial charge in [-0.05, 0) is 60.0 Å². The molecule has 0 radical (unpaired) electrons. The standard InChI is InChI=1S/C25H20F2N2O3/c1-15-3-12-21(32-2)20(13-15)28-23-22(17-6-10-19(27)11-7-17)24(30)29(25(23)31)14-16-4-8-18(26)9-5-16/h3-13,28H,14H2,1-2H3. The summed E-state index contributed by atoms with van der Waals surface area (Å²) in [5, 5.41) is 3.06. The highest BCUT2D eigenvalue weighted by atomic mass is 19.1. The molecule has 0 spiro atoms. The largest absolute Gasteiger partial charge is 0.495 e. The molecule has 0 bridgehead atoms. The highest BCUT2D eigenvalue weighted by Gasteiger charge is 2.39. The number of carbonyl (C=O) groups is 2. The van der Waals surface area contributed by atoms with Crippen molar-refractivity contribution in [3.63, 3.8) is 0 Å². The number of carbonyl (C=O) groups excluding carboxylic acids is 2. The van der Waals surface area contributed by atoms with Crippen LogP contribution in [0.15, 0.2) is 72.4 Å². The lowest BCUT2D eigenvalue weighted by molar-refractivity contribution is -0.137. The van der Waals surface area contributed by atoms with Crippen molar-refractivity contribution in [1.29, 1.82) is 0 Å². The van der Waals surface area contributed by atoms with Crippen molar-refractivity contribution >= 4 is 23.1 Å². The summed E-state index contributed by atoms with van der Waals surface area (Å²) < 4.78 is 32.1. The van der Waals surface area contributed by atoms with E-state index in [1.807, 2.05) is 13.0 Å². The van der Waals surface area contributed by atoms with Gasteiger partial charge in [-0.25, -0.2) is 8.78 Å². The van der Waals surface area contributed by atoms with Crippen LogP contribution >= 0.6 is 0 Å². The molecule has 1 aliphatic rings. The minimum absolute atomic E-state index is 0.0290. The van der Waals surface area contributed by atoms with Crippen molar-refractivity contribution in [3.8, 4) is 5.75 Å². The Bertz CT molecular complexity index is 1220. The van der Waals surface area contributed by atoms with Gasteiger partial charge >= 0.3 is 0 Å². The monoisotopic (exact) mass is 434 g/mol. The first-order chi connectivity index (χ1) is 15.4. The number of methoxy groups -OCH3 is 1. The lowest BCUT2D eigenvalue weighted by atomic mass is 10.0. The Morgan fingerprint density at radius 1 is 0.875 bits per heavy atom. The zero-order valence-electron chi connectivity index (χ0n) is 17.5. The second-order valence-corrected chi connectivity index (χ2v) is 7.41. The van der Waals surface area contributed by atoms with Gasteiger partial charge in [0.15, 0.2) is 0 Å². The highest BCUT2D eigenvalue weighted by molar-refractivity contribution is 6.36. The maximum absolute atomic E-state index is 13.5. The van der Waals surface area contributed by atoms with Gasteiger partial charge in [0.05, 0.1) is 24.9 Å². The minimum atomic E-state index is -0.540. The molecule has 4 rings (SSSR count). The first-order valence-corrected chi connectivity index (χ1v) is 9.90. The van der Waals surface area contributed by atoms with Crippen LogP contribution in [-0.4, -0.2) is 23.8 Å². The van der Waals surface area contributed by atoms with Crippen LogP contribution in [-0.2, 0) is 16.1 Å². The van der Waals surface area contributed by atoms with Gasteiger partial charge in [-0.15, -0.1) is 0 Å². The van der Waals surface area contributed by atoms with E-state index >= 15 is 0 Å². The summed E-state index contributed by atoms with van der Waals surface area (Å²) in [6, 6.07) is 16.4. The van der Waals surface area contributed by atoms with Crippen LogP contribution in [0.1, 0.15) is 16.7 Å². The molecule has 7 heteroatoms. The molecule has 1 aliphatic heterocycles. The Morgan fingerprint density at radius 3 is 2.12 bits per heavy atom. The van der Waals surface area contributed by atoms with E-state index in [9.17, 15) is 18.4 Å². The number of nitrogens with zero attached hydrogens (tertiary/aromatic N) is 1. The normalized spacial score (nSPS) is 13.7. The van der Waals surface area contributed by atoms with Crippen LogP contribution in [0.25, 0.3) is 5.57 Å². The Balaban J connectivity index is 1.77. The summed E-state index contributed by atoms with van der Waals surface area (Å²) in [6.07, 6.45) is 0. The number of benzene rings is 3. The van der Waals surface area contributed by atoms with Gasteiger partial charge in [0.25, 0.3) is 11.8 Å². The van der Waals surface area contributed by atoms with E-state index < -0.39 is 23.4 Å². The van der Waals surface area contributed by atoms with Crippen LogP contribution in [0, 0.1) is 18.6 Å². The van der Waals surface area contributed by atoms with E-state index in [0.29, 0.717) is 22.6 Å². The van der Waals surface area contributed by atoms with Gasteiger partial charge < -0.3 is 10.1 Å². The molecule has 0 atom stereocenters. The number of ether oxygens (including phenoxy) is 1. The zero-order chi connectivity index (χ0) is 22.8. The van der Waals surface area contributed by atoms with Crippen molar-refractivity contribution in [3.05, 3.63) is 101 Å². The van der Waals surface area contributed by atoms with Crippen molar-refractivity contribution in [1.82, 2.24) is 4.90 Å². The van der Waals surface area contributed by atoms with Crippen molar-refractivity contribution in [2.45, 2.75) is 13.5 Å². The number of anilines is 1. The SMILES string of the molecule is COc1ccc(C)cc1NC1=C(c2ccc(F)cc2)C(=O)N(Cc2ccc(F)cc2)C1=O. The lowest BCUT2D eigenvalue weighted by Gasteiger charge is -2.16. The molecule has 0 fully saturated rings. The van der Waals surface area contributed by atoms with Crippen LogP contribution in [0.5, 0.6) is 5.75 Å². The Labute approximate surface area is 183 Å². The lowest BCUT2D eigenvalue weighted by Crippen LogP contribution is -2.32. The Morgan fingerprint density at radius 2 is 1.50 bits per heavy atom. The van der Waals surface area contributed by atoms with Gasteiger partial charge in [0, 0.05) is 0 Å². The predicted molar refractivity (Wildman–Crippen MR) is 117 cm³/mol. The summed E-state index contributed by atoms with van der Waals surface area (Å²) in [6.45, 7) is 1.86. The average Bonchev–Trinajstić information content (AvgIpc) is 3.00. The second kappa shape index (κ2) is 8.63. The third kappa shape index (κ3) is 4.09. The second-order valence-electron chi connectivity index (χ2n) is 7.41. The van der Waals surface area contributed by atoms with Gasteiger partial charge in [0.1, 0.15) is 23.1 Å². The summed E-state index contributed by atoms with van der Waals surface area (Å²) >= 11 is 0. The molecule has 1 heterocycles. The number of hydrogen-bond acceptors (Lipinski definition) is 4. The predicted octanol–water partition coefficient (Wildman–Crippen LogP) is 4.67. The molecule has 0 aromatic heterocycles. The molecular weight excluding hydrogens is 414 g/mol. The number of amides is 2. The number of hydrogen-bond donors (Lipinski definition) is 1. The van der Waals surface area contributed by atoms with Gasteiger partial charge in [0.2, 0.25) is 0 Å².